The first-order valence-corrected chi connectivity index (χ1v) is 4.92. The standard InChI is InChI=1S/C11H16N2O2/c1-7(12-9(3)15)10-5-4-6-11(13-10)8(2)14/h4-8,14H,1-3H3,(H,12,15). The third-order valence-electron chi connectivity index (χ3n) is 2.08. The molecular weight excluding hydrogens is 192 g/mol. The summed E-state index contributed by atoms with van der Waals surface area (Å²) in [7, 11) is 0. The van der Waals surface area contributed by atoms with Gasteiger partial charge in [-0.2, -0.15) is 0 Å². The molecule has 1 heterocycles. The summed E-state index contributed by atoms with van der Waals surface area (Å²) in [5, 5.41) is 12.1. The van der Waals surface area contributed by atoms with Crippen molar-refractivity contribution in [2.24, 2.45) is 0 Å². The number of aliphatic hydroxyl groups excluding tert-OH is 1. The van der Waals surface area contributed by atoms with Gasteiger partial charge in [-0.15, -0.1) is 0 Å². The smallest absolute Gasteiger partial charge is 0.217 e. The number of pyridine rings is 1. The molecule has 2 N–H and O–H groups in total. The zero-order valence-electron chi connectivity index (χ0n) is 9.19. The normalized spacial score (nSPS) is 14.4. The van der Waals surface area contributed by atoms with E-state index in [0.717, 1.165) is 5.69 Å². The first-order valence-electron chi connectivity index (χ1n) is 4.92. The van der Waals surface area contributed by atoms with E-state index in [2.05, 4.69) is 10.3 Å². The molecule has 0 fully saturated rings. The first kappa shape index (κ1) is 11.7. The third kappa shape index (κ3) is 3.32. The van der Waals surface area contributed by atoms with Gasteiger partial charge in [0.05, 0.1) is 23.5 Å². The van der Waals surface area contributed by atoms with Gasteiger partial charge >= 0.3 is 0 Å². The minimum atomic E-state index is -0.588. The van der Waals surface area contributed by atoms with Crippen LogP contribution in [-0.2, 0) is 4.79 Å². The van der Waals surface area contributed by atoms with Crippen molar-refractivity contribution in [2.45, 2.75) is 32.9 Å². The van der Waals surface area contributed by atoms with Crippen molar-refractivity contribution < 1.29 is 9.90 Å². The van der Waals surface area contributed by atoms with Gasteiger partial charge < -0.3 is 10.4 Å². The van der Waals surface area contributed by atoms with Crippen LogP contribution in [0.1, 0.15) is 44.3 Å². The molecule has 0 spiro atoms. The summed E-state index contributed by atoms with van der Waals surface area (Å²) in [6, 6.07) is 5.27. The lowest BCUT2D eigenvalue weighted by atomic mass is 10.1. The molecule has 4 nitrogen and oxygen atoms in total. The van der Waals surface area contributed by atoms with Crippen LogP contribution in [0.2, 0.25) is 0 Å². The van der Waals surface area contributed by atoms with Crippen LogP contribution in [0.25, 0.3) is 0 Å². The van der Waals surface area contributed by atoms with E-state index < -0.39 is 6.10 Å². The molecule has 0 aliphatic heterocycles. The summed E-state index contributed by atoms with van der Waals surface area (Å²) in [4.78, 5) is 15.1. The number of aromatic nitrogens is 1. The van der Waals surface area contributed by atoms with Crippen LogP contribution in [0.4, 0.5) is 0 Å². The van der Waals surface area contributed by atoms with E-state index >= 15 is 0 Å². The highest BCUT2D eigenvalue weighted by atomic mass is 16.3. The Kier molecular flexibility index (Phi) is 3.80. The number of nitrogens with zero attached hydrogens (tertiary/aromatic N) is 1. The van der Waals surface area contributed by atoms with Crippen LogP contribution in [-0.4, -0.2) is 16.0 Å². The minimum absolute atomic E-state index is 0.0910. The molecule has 15 heavy (non-hydrogen) atoms. The molecule has 0 radical (unpaired) electrons. The molecule has 1 amide bonds. The molecule has 4 heteroatoms. The highest BCUT2D eigenvalue weighted by Crippen LogP contribution is 2.14. The van der Waals surface area contributed by atoms with Crippen molar-refractivity contribution in [3.05, 3.63) is 29.6 Å². The van der Waals surface area contributed by atoms with Crippen LogP contribution in [0.15, 0.2) is 18.2 Å². The van der Waals surface area contributed by atoms with Crippen molar-refractivity contribution in [2.75, 3.05) is 0 Å². The number of nitrogens with one attached hydrogen (secondary N) is 1. The van der Waals surface area contributed by atoms with Gasteiger partial charge in [-0.25, -0.2) is 0 Å². The second-order valence-electron chi connectivity index (χ2n) is 3.59. The van der Waals surface area contributed by atoms with Gasteiger partial charge in [0, 0.05) is 6.92 Å². The van der Waals surface area contributed by atoms with E-state index in [1.807, 2.05) is 19.1 Å². The highest BCUT2D eigenvalue weighted by molar-refractivity contribution is 5.73. The maximum absolute atomic E-state index is 10.9. The van der Waals surface area contributed by atoms with Crippen LogP contribution in [0.3, 0.4) is 0 Å². The lowest BCUT2D eigenvalue weighted by molar-refractivity contribution is -0.119. The summed E-state index contributed by atoms with van der Waals surface area (Å²) in [5.41, 5.74) is 1.37. The zero-order valence-corrected chi connectivity index (χ0v) is 9.19. The Labute approximate surface area is 89.3 Å². The lowest BCUT2D eigenvalue weighted by Crippen LogP contribution is -2.24. The van der Waals surface area contributed by atoms with Crippen LogP contribution < -0.4 is 5.32 Å². The Morgan fingerprint density at radius 2 is 2.00 bits per heavy atom. The molecule has 1 rings (SSSR count). The third-order valence-corrected chi connectivity index (χ3v) is 2.08. The molecule has 0 saturated heterocycles. The van der Waals surface area contributed by atoms with E-state index in [1.54, 1.807) is 13.0 Å². The highest BCUT2D eigenvalue weighted by Gasteiger charge is 2.10. The SMILES string of the molecule is CC(=O)NC(C)c1cccc(C(C)O)n1. The topological polar surface area (TPSA) is 62.2 Å². The Bertz CT molecular complexity index is 350. The maximum atomic E-state index is 10.9. The van der Waals surface area contributed by atoms with Gasteiger partial charge in [-0.05, 0) is 26.0 Å². The van der Waals surface area contributed by atoms with Crippen LogP contribution >= 0.6 is 0 Å². The van der Waals surface area contributed by atoms with Crippen molar-refractivity contribution in [3.63, 3.8) is 0 Å². The Hall–Kier alpha value is -1.42. The fourth-order valence-electron chi connectivity index (χ4n) is 1.32. The molecule has 2 atom stereocenters. The van der Waals surface area contributed by atoms with E-state index in [0.29, 0.717) is 5.69 Å². The summed E-state index contributed by atoms with van der Waals surface area (Å²) < 4.78 is 0. The van der Waals surface area contributed by atoms with Crippen molar-refractivity contribution in [1.29, 1.82) is 0 Å². The minimum Gasteiger partial charge on any atom is -0.387 e. The quantitative estimate of drug-likeness (QED) is 0.787. The van der Waals surface area contributed by atoms with E-state index in [-0.39, 0.29) is 11.9 Å². The summed E-state index contributed by atoms with van der Waals surface area (Å²) >= 11 is 0. The molecule has 1 aromatic heterocycles. The molecule has 0 bridgehead atoms. The Balaban J connectivity index is 2.85. The number of hydrogen-bond acceptors (Lipinski definition) is 3. The molecule has 2 unspecified atom stereocenters. The van der Waals surface area contributed by atoms with E-state index in [4.69, 9.17) is 0 Å². The molecule has 0 saturated carbocycles. The molecule has 82 valence electrons. The fraction of sp³-hybridized carbons (Fsp3) is 0.455. The predicted molar refractivity (Wildman–Crippen MR) is 57.1 cm³/mol. The second-order valence-corrected chi connectivity index (χ2v) is 3.59. The fourth-order valence-corrected chi connectivity index (χ4v) is 1.32. The van der Waals surface area contributed by atoms with Crippen molar-refractivity contribution in [1.82, 2.24) is 10.3 Å². The number of rotatable bonds is 3. The predicted octanol–water partition coefficient (Wildman–Crippen LogP) is 1.33. The molecule has 0 aliphatic carbocycles. The Morgan fingerprint density at radius 1 is 1.40 bits per heavy atom. The van der Waals surface area contributed by atoms with Crippen molar-refractivity contribution in [3.8, 4) is 0 Å². The second kappa shape index (κ2) is 4.89. The maximum Gasteiger partial charge on any atom is 0.217 e. The summed E-state index contributed by atoms with van der Waals surface area (Å²) in [6.07, 6.45) is -0.588. The van der Waals surface area contributed by atoms with Crippen LogP contribution in [0, 0.1) is 0 Å². The summed E-state index contributed by atoms with van der Waals surface area (Å²) in [6.45, 7) is 4.99. The average Bonchev–Trinajstić information content (AvgIpc) is 2.17. The van der Waals surface area contributed by atoms with E-state index in [9.17, 15) is 9.90 Å². The Morgan fingerprint density at radius 3 is 2.53 bits per heavy atom. The number of hydrogen-bond donors (Lipinski definition) is 2. The van der Waals surface area contributed by atoms with Crippen molar-refractivity contribution >= 4 is 5.91 Å². The average molecular weight is 208 g/mol. The van der Waals surface area contributed by atoms with Gasteiger partial charge in [0.2, 0.25) is 5.91 Å². The number of carbonyl (C=O) groups excluding carboxylic acids is 1. The molecular formula is C11H16N2O2. The van der Waals surface area contributed by atoms with Gasteiger partial charge in [0.1, 0.15) is 0 Å². The zero-order chi connectivity index (χ0) is 11.4. The van der Waals surface area contributed by atoms with Crippen LogP contribution in [0.5, 0.6) is 0 Å². The van der Waals surface area contributed by atoms with Gasteiger partial charge in [-0.1, -0.05) is 6.07 Å². The molecule has 0 aromatic carbocycles. The number of aliphatic hydroxyl groups is 1. The first-order chi connectivity index (χ1) is 7.00. The van der Waals surface area contributed by atoms with Gasteiger partial charge in [0.15, 0.2) is 0 Å². The molecule has 1 aromatic rings. The van der Waals surface area contributed by atoms with Gasteiger partial charge in [-0.3, -0.25) is 9.78 Å². The van der Waals surface area contributed by atoms with Gasteiger partial charge in [0.25, 0.3) is 0 Å². The number of carbonyl (C=O) groups is 1. The molecule has 0 aliphatic rings. The lowest BCUT2D eigenvalue weighted by Gasteiger charge is -2.13. The largest absolute Gasteiger partial charge is 0.387 e. The number of amides is 1. The van der Waals surface area contributed by atoms with E-state index in [1.165, 1.54) is 6.92 Å². The monoisotopic (exact) mass is 208 g/mol. The summed E-state index contributed by atoms with van der Waals surface area (Å²) in [5.74, 6) is -0.0910.